The first kappa shape index (κ1) is 22.1. The van der Waals surface area contributed by atoms with E-state index in [2.05, 4.69) is 5.32 Å². The third kappa shape index (κ3) is 5.52. The maximum absolute atomic E-state index is 12.9. The number of fused-ring (bicyclic) bond motifs is 1. The lowest BCUT2D eigenvalue weighted by molar-refractivity contribution is -0.141. The Kier molecular flexibility index (Phi) is 7.71. The molecule has 1 aromatic carbocycles. The molecule has 2 atom stereocenters. The van der Waals surface area contributed by atoms with Crippen molar-refractivity contribution < 1.29 is 19.1 Å². The van der Waals surface area contributed by atoms with Crippen LogP contribution in [0.3, 0.4) is 0 Å². The van der Waals surface area contributed by atoms with E-state index in [0.717, 1.165) is 37.0 Å². The summed E-state index contributed by atoms with van der Waals surface area (Å²) in [6.45, 7) is 3.47. The van der Waals surface area contributed by atoms with Crippen LogP contribution in [0.25, 0.3) is 0 Å². The van der Waals surface area contributed by atoms with Crippen molar-refractivity contribution in [1.29, 1.82) is 0 Å². The van der Waals surface area contributed by atoms with E-state index in [1.807, 2.05) is 29.2 Å². The number of hydrogen-bond acceptors (Lipinski definition) is 4. The van der Waals surface area contributed by atoms with Crippen molar-refractivity contribution in [1.82, 2.24) is 15.1 Å². The summed E-state index contributed by atoms with van der Waals surface area (Å²) in [5.41, 5.74) is 1.08. The molecule has 0 bridgehead atoms. The van der Waals surface area contributed by atoms with Gasteiger partial charge in [0, 0.05) is 45.6 Å². The van der Waals surface area contributed by atoms with E-state index in [9.17, 15) is 14.4 Å². The van der Waals surface area contributed by atoms with Gasteiger partial charge >= 0.3 is 0 Å². The standard InChI is InChI=1S/C23H33N3O4/c1-17(27)26-16-15-25(14-13-24-23(29)20-5-3-4-6-21(20)26)22(28)12-9-18-7-10-19(30-2)11-8-18/h7-8,10-11,20-21H,3-6,9,12-16H2,1-2H3,(H,24,29)/t20-,21+/m0/s1. The summed E-state index contributed by atoms with van der Waals surface area (Å²) in [5.74, 6) is 0.691. The van der Waals surface area contributed by atoms with Crippen LogP contribution in [0.1, 0.15) is 44.6 Å². The largest absolute Gasteiger partial charge is 0.497 e. The van der Waals surface area contributed by atoms with Crippen LogP contribution in [0.4, 0.5) is 0 Å². The van der Waals surface area contributed by atoms with Gasteiger partial charge in [-0.25, -0.2) is 0 Å². The highest BCUT2D eigenvalue weighted by Crippen LogP contribution is 2.29. The Hall–Kier alpha value is -2.57. The monoisotopic (exact) mass is 415 g/mol. The zero-order chi connectivity index (χ0) is 21.5. The van der Waals surface area contributed by atoms with Gasteiger partial charge in [0.2, 0.25) is 17.7 Å². The Morgan fingerprint density at radius 2 is 1.83 bits per heavy atom. The number of hydrogen-bond donors (Lipinski definition) is 1. The van der Waals surface area contributed by atoms with Crippen LogP contribution in [0, 0.1) is 5.92 Å². The van der Waals surface area contributed by atoms with Gasteiger partial charge in [-0.3, -0.25) is 14.4 Å². The Labute approximate surface area is 178 Å². The molecule has 1 aliphatic heterocycles. The molecule has 1 heterocycles. The second kappa shape index (κ2) is 10.5. The second-order valence-electron chi connectivity index (χ2n) is 8.19. The third-order valence-corrected chi connectivity index (χ3v) is 6.30. The number of benzene rings is 1. The number of nitrogens with zero attached hydrogens (tertiary/aromatic N) is 2. The highest BCUT2D eigenvalue weighted by atomic mass is 16.5. The molecule has 0 aromatic heterocycles. The SMILES string of the molecule is COc1ccc(CCC(=O)N2CCNC(=O)[C@H]3CCCC[C@H]3N(C(C)=O)CC2)cc1. The van der Waals surface area contributed by atoms with Crippen LogP contribution in [0.5, 0.6) is 5.75 Å². The molecule has 164 valence electrons. The summed E-state index contributed by atoms with van der Waals surface area (Å²) >= 11 is 0. The van der Waals surface area contributed by atoms with Crippen molar-refractivity contribution in [2.24, 2.45) is 5.92 Å². The van der Waals surface area contributed by atoms with Gasteiger partial charge in [-0.05, 0) is 37.0 Å². The predicted molar refractivity (Wildman–Crippen MR) is 114 cm³/mol. The van der Waals surface area contributed by atoms with Gasteiger partial charge < -0.3 is 19.9 Å². The van der Waals surface area contributed by atoms with Crippen LogP contribution in [0.15, 0.2) is 24.3 Å². The van der Waals surface area contributed by atoms with E-state index >= 15 is 0 Å². The quantitative estimate of drug-likeness (QED) is 0.816. The Morgan fingerprint density at radius 3 is 2.53 bits per heavy atom. The second-order valence-corrected chi connectivity index (χ2v) is 8.19. The van der Waals surface area contributed by atoms with Gasteiger partial charge in [-0.1, -0.05) is 25.0 Å². The number of carbonyl (C=O) groups is 3. The fraction of sp³-hybridized carbons (Fsp3) is 0.609. The molecule has 1 saturated carbocycles. The maximum Gasteiger partial charge on any atom is 0.225 e. The van der Waals surface area contributed by atoms with Crippen molar-refractivity contribution in [3.8, 4) is 5.75 Å². The molecule has 30 heavy (non-hydrogen) atoms. The number of aryl methyl sites for hydroxylation is 1. The molecular weight excluding hydrogens is 382 g/mol. The van der Waals surface area contributed by atoms with Crippen molar-refractivity contribution in [3.63, 3.8) is 0 Å². The van der Waals surface area contributed by atoms with Gasteiger partial charge in [0.25, 0.3) is 0 Å². The lowest BCUT2D eigenvalue weighted by Gasteiger charge is -2.40. The molecule has 3 rings (SSSR count). The minimum absolute atomic E-state index is 0.0125. The van der Waals surface area contributed by atoms with Crippen molar-refractivity contribution >= 4 is 17.7 Å². The Bertz CT molecular complexity index is 749. The predicted octanol–water partition coefficient (Wildman–Crippen LogP) is 1.99. The number of amides is 3. The van der Waals surface area contributed by atoms with Crippen molar-refractivity contribution in [3.05, 3.63) is 29.8 Å². The molecule has 1 aliphatic carbocycles. The number of ether oxygens (including phenoxy) is 1. The van der Waals surface area contributed by atoms with Gasteiger partial charge in [0.15, 0.2) is 0 Å². The minimum atomic E-state index is -0.139. The van der Waals surface area contributed by atoms with Crippen LogP contribution < -0.4 is 10.1 Å². The molecule has 1 aromatic rings. The maximum atomic E-state index is 12.9. The van der Waals surface area contributed by atoms with Gasteiger partial charge in [-0.2, -0.15) is 0 Å². The fourth-order valence-electron chi connectivity index (χ4n) is 4.58. The number of nitrogens with one attached hydrogen (secondary N) is 1. The molecule has 1 N–H and O–H groups in total. The van der Waals surface area contributed by atoms with Crippen LogP contribution in [0.2, 0.25) is 0 Å². The molecule has 7 heteroatoms. The highest BCUT2D eigenvalue weighted by Gasteiger charge is 2.36. The topological polar surface area (TPSA) is 79.0 Å². The Balaban J connectivity index is 1.64. The van der Waals surface area contributed by atoms with Crippen LogP contribution in [-0.2, 0) is 20.8 Å². The van der Waals surface area contributed by atoms with Gasteiger partial charge in [0.1, 0.15) is 5.75 Å². The minimum Gasteiger partial charge on any atom is -0.497 e. The molecule has 0 spiro atoms. The van der Waals surface area contributed by atoms with Crippen molar-refractivity contribution in [2.75, 3.05) is 33.3 Å². The van der Waals surface area contributed by atoms with E-state index in [4.69, 9.17) is 4.74 Å². The van der Waals surface area contributed by atoms with E-state index in [1.165, 1.54) is 0 Å². The summed E-state index contributed by atoms with van der Waals surface area (Å²) in [7, 11) is 1.63. The number of carbonyl (C=O) groups excluding carboxylic acids is 3. The zero-order valence-electron chi connectivity index (χ0n) is 18.1. The van der Waals surface area contributed by atoms with Crippen LogP contribution >= 0.6 is 0 Å². The summed E-state index contributed by atoms with van der Waals surface area (Å²) in [4.78, 5) is 41.5. The lowest BCUT2D eigenvalue weighted by atomic mass is 9.82. The van der Waals surface area contributed by atoms with E-state index in [-0.39, 0.29) is 29.7 Å². The first-order valence-electron chi connectivity index (χ1n) is 10.9. The van der Waals surface area contributed by atoms with Gasteiger partial charge in [0.05, 0.1) is 13.0 Å². The Morgan fingerprint density at radius 1 is 1.10 bits per heavy atom. The normalized spacial score (nSPS) is 22.7. The summed E-state index contributed by atoms with van der Waals surface area (Å²) < 4.78 is 5.17. The van der Waals surface area contributed by atoms with E-state index < -0.39 is 0 Å². The molecule has 7 nitrogen and oxygen atoms in total. The van der Waals surface area contributed by atoms with Gasteiger partial charge in [-0.15, -0.1) is 0 Å². The smallest absolute Gasteiger partial charge is 0.225 e. The molecular formula is C23H33N3O4. The van der Waals surface area contributed by atoms with E-state index in [1.54, 1.807) is 18.9 Å². The zero-order valence-corrected chi connectivity index (χ0v) is 18.1. The fourth-order valence-corrected chi connectivity index (χ4v) is 4.58. The molecule has 2 aliphatic rings. The number of methoxy groups -OCH3 is 1. The average molecular weight is 416 g/mol. The molecule has 0 radical (unpaired) electrons. The highest BCUT2D eigenvalue weighted by molar-refractivity contribution is 5.81. The lowest BCUT2D eigenvalue weighted by Crippen LogP contribution is -2.55. The molecule has 2 fully saturated rings. The molecule has 1 saturated heterocycles. The third-order valence-electron chi connectivity index (χ3n) is 6.30. The van der Waals surface area contributed by atoms with E-state index in [0.29, 0.717) is 39.0 Å². The summed E-state index contributed by atoms with van der Waals surface area (Å²) in [6, 6.07) is 7.66. The first-order valence-corrected chi connectivity index (χ1v) is 10.9. The van der Waals surface area contributed by atoms with Crippen molar-refractivity contribution in [2.45, 2.75) is 51.5 Å². The molecule has 0 unspecified atom stereocenters. The first-order chi connectivity index (χ1) is 14.5. The summed E-state index contributed by atoms with van der Waals surface area (Å²) in [6.07, 6.45) is 4.77. The summed E-state index contributed by atoms with van der Waals surface area (Å²) in [5, 5.41) is 3.00. The molecule has 3 amide bonds. The number of rotatable bonds is 4. The van der Waals surface area contributed by atoms with Crippen LogP contribution in [-0.4, -0.2) is 66.9 Å². The average Bonchev–Trinajstić information content (AvgIpc) is 2.76.